The molecule has 0 atom stereocenters. The Hall–Kier alpha value is -2.56. The highest BCUT2D eigenvalue weighted by atomic mass is 32.2. The molecule has 3 heterocycles. The van der Waals surface area contributed by atoms with Crippen molar-refractivity contribution in [3.8, 4) is 0 Å². The number of thiazole rings is 1. The van der Waals surface area contributed by atoms with Crippen molar-refractivity contribution in [3.63, 3.8) is 0 Å². The highest BCUT2D eigenvalue weighted by Crippen LogP contribution is 2.28. The quantitative estimate of drug-likeness (QED) is 0.526. The largest absolute Gasteiger partial charge is 0.456 e. The van der Waals surface area contributed by atoms with Crippen LogP contribution in [0.15, 0.2) is 39.5 Å². The number of carbonyl (C=O) groups is 1. The van der Waals surface area contributed by atoms with Crippen LogP contribution in [-0.4, -0.2) is 41.2 Å². The molecule has 8 nitrogen and oxygen atoms in total. The lowest BCUT2D eigenvalue weighted by molar-refractivity contribution is 0.0467. The van der Waals surface area contributed by atoms with Gasteiger partial charge in [-0.1, -0.05) is 6.92 Å². The second-order valence-corrected chi connectivity index (χ2v) is 11.0. The van der Waals surface area contributed by atoms with Crippen LogP contribution in [0.3, 0.4) is 0 Å². The van der Waals surface area contributed by atoms with E-state index in [2.05, 4.69) is 11.9 Å². The summed E-state index contributed by atoms with van der Waals surface area (Å²) in [5, 5.41) is 1.75. The van der Waals surface area contributed by atoms with Crippen LogP contribution in [0, 0.1) is 19.8 Å². The maximum atomic E-state index is 13.3. The standard InChI is InChI=1S/C22H25N3O5S2/c1-14-4-6-24(7-5-14)32(28,29)19-11-17(10-15(2)16(19)3)21(27)30-13-18-12-20(26)25-8-9-31-22(25)23-18/h8-12,14H,4-7,13H2,1-3H3. The number of aryl methyl sites for hydroxylation is 1. The molecule has 10 heteroatoms. The molecule has 1 fully saturated rings. The zero-order valence-electron chi connectivity index (χ0n) is 18.2. The first-order chi connectivity index (χ1) is 15.2. The molecule has 0 N–H and O–H groups in total. The molecule has 2 aromatic heterocycles. The monoisotopic (exact) mass is 475 g/mol. The van der Waals surface area contributed by atoms with Crippen molar-refractivity contribution in [2.75, 3.05) is 13.1 Å². The molecule has 0 aliphatic carbocycles. The molecule has 0 bridgehead atoms. The minimum absolute atomic E-state index is 0.135. The smallest absolute Gasteiger partial charge is 0.338 e. The van der Waals surface area contributed by atoms with Crippen molar-refractivity contribution in [2.45, 2.75) is 45.1 Å². The number of nitrogens with zero attached hydrogens (tertiary/aromatic N) is 3. The Bertz CT molecular complexity index is 1340. The van der Waals surface area contributed by atoms with Gasteiger partial charge in [-0.15, -0.1) is 11.3 Å². The summed E-state index contributed by atoms with van der Waals surface area (Å²) in [7, 11) is -3.71. The number of benzene rings is 1. The lowest BCUT2D eigenvalue weighted by atomic mass is 10.0. The third kappa shape index (κ3) is 4.35. The van der Waals surface area contributed by atoms with Gasteiger partial charge in [-0.3, -0.25) is 9.20 Å². The number of fused-ring (bicyclic) bond motifs is 1. The van der Waals surface area contributed by atoms with Crippen molar-refractivity contribution in [1.82, 2.24) is 13.7 Å². The Morgan fingerprint density at radius 3 is 2.66 bits per heavy atom. The van der Waals surface area contributed by atoms with E-state index in [1.165, 1.54) is 32.2 Å². The summed E-state index contributed by atoms with van der Waals surface area (Å²) in [6.45, 7) is 6.41. The molecule has 32 heavy (non-hydrogen) atoms. The second-order valence-electron chi connectivity index (χ2n) is 8.22. The molecule has 0 unspecified atom stereocenters. The molecule has 0 saturated carbocycles. The molecule has 170 valence electrons. The van der Waals surface area contributed by atoms with Crippen LogP contribution in [0.5, 0.6) is 0 Å². The van der Waals surface area contributed by atoms with Gasteiger partial charge in [0.05, 0.1) is 16.2 Å². The minimum atomic E-state index is -3.71. The van der Waals surface area contributed by atoms with Crippen LogP contribution in [0.4, 0.5) is 0 Å². The van der Waals surface area contributed by atoms with E-state index in [0.717, 1.165) is 12.8 Å². The fraction of sp³-hybridized carbons (Fsp3) is 0.409. The zero-order chi connectivity index (χ0) is 23.0. The van der Waals surface area contributed by atoms with Gasteiger partial charge in [0.25, 0.3) is 5.56 Å². The van der Waals surface area contributed by atoms with Gasteiger partial charge in [-0.05, 0) is 55.9 Å². The van der Waals surface area contributed by atoms with Gasteiger partial charge < -0.3 is 4.74 Å². The Labute approximate surface area is 190 Å². The summed E-state index contributed by atoms with van der Waals surface area (Å²) in [4.78, 5) is 29.8. The molecular weight excluding hydrogens is 450 g/mol. The highest BCUT2D eigenvalue weighted by molar-refractivity contribution is 7.89. The number of carbonyl (C=O) groups excluding carboxylic acids is 1. The Morgan fingerprint density at radius 1 is 1.22 bits per heavy atom. The number of sulfonamides is 1. The SMILES string of the molecule is Cc1cc(C(=O)OCc2cc(=O)n3ccsc3n2)cc(S(=O)(=O)N2CCC(C)CC2)c1C. The second kappa shape index (κ2) is 8.76. The Kier molecular flexibility index (Phi) is 6.19. The van der Waals surface area contributed by atoms with E-state index in [9.17, 15) is 18.0 Å². The maximum Gasteiger partial charge on any atom is 0.338 e. The molecule has 1 saturated heterocycles. The summed E-state index contributed by atoms with van der Waals surface area (Å²) in [6, 6.07) is 4.34. The van der Waals surface area contributed by atoms with Crippen LogP contribution in [0.2, 0.25) is 0 Å². The predicted molar refractivity (Wildman–Crippen MR) is 122 cm³/mol. The number of aromatic nitrogens is 2. The summed E-state index contributed by atoms with van der Waals surface area (Å²) in [6.07, 6.45) is 3.27. The molecule has 0 spiro atoms. The van der Waals surface area contributed by atoms with E-state index in [1.54, 1.807) is 31.5 Å². The number of ether oxygens (including phenoxy) is 1. The fourth-order valence-electron chi connectivity index (χ4n) is 3.76. The van der Waals surface area contributed by atoms with Gasteiger partial charge in [0, 0.05) is 30.7 Å². The van der Waals surface area contributed by atoms with Crippen molar-refractivity contribution in [3.05, 3.63) is 62.5 Å². The van der Waals surface area contributed by atoms with Crippen LogP contribution in [0.25, 0.3) is 4.96 Å². The molecule has 1 aliphatic heterocycles. The fourth-order valence-corrected chi connectivity index (χ4v) is 6.29. The first-order valence-corrected chi connectivity index (χ1v) is 12.7. The zero-order valence-corrected chi connectivity index (χ0v) is 19.8. The summed E-state index contributed by atoms with van der Waals surface area (Å²) < 4.78 is 34.8. The van der Waals surface area contributed by atoms with Crippen molar-refractivity contribution in [2.24, 2.45) is 5.92 Å². The minimum Gasteiger partial charge on any atom is -0.456 e. The molecule has 3 aromatic rings. The van der Waals surface area contributed by atoms with Gasteiger partial charge in [-0.2, -0.15) is 4.31 Å². The molecule has 1 aliphatic rings. The average Bonchev–Trinajstić information content (AvgIpc) is 3.23. The van der Waals surface area contributed by atoms with E-state index < -0.39 is 16.0 Å². The lowest BCUT2D eigenvalue weighted by Gasteiger charge is -2.30. The Morgan fingerprint density at radius 2 is 1.94 bits per heavy atom. The lowest BCUT2D eigenvalue weighted by Crippen LogP contribution is -2.38. The van der Waals surface area contributed by atoms with Crippen LogP contribution < -0.4 is 5.56 Å². The first kappa shape index (κ1) is 22.6. The van der Waals surface area contributed by atoms with Crippen LogP contribution in [0.1, 0.15) is 46.9 Å². The molecular formula is C22H25N3O5S2. The van der Waals surface area contributed by atoms with Crippen LogP contribution in [-0.2, 0) is 21.4 Å². The van der Waals surface area contributed by atoms with Gasteiger partial charge in [0.2, 0.25) is 10.0 Å². The van der Waals surface area contributed by atoms with E-state index in [4.69, 9.17) is 4.74 Å². The van der Waals surface area contributed by atoms with Crippen molar-refractivity contribution >= 4 is 32.3 Å². The van der Waals surface area contributed by atoms with E-state index >= 15 is 0 Å². The first-order valence-electron chi connectivity index (χ1n) is 10.4. The number of hydrogen-bond acceptors (Lipinski definition) is 7. The summed E-state index contributed by atoms with van der Waals surface area (Å²) in [5.41, 5.74) is 1.56. The summed E-state index contributed by atoms with van der Waals surface area (Å²) >= 11 is 1.31. The third-order valence-corrected chi connectivity index (χ3v) is 8.70. The average molecular weight is 476 g/mol. The maximum absolute atomic E-state index is 13.3. The van der Waals surface area contributed by atoms with E-state index in [1.807, 2.05) is 0 Å². The number of hydrogen-bond donors (Lipinski definition) is 0. The molecule has 4 rings (SSSR count). The third-order valence-electron chi connectivity index (χ3n) is 5.92. The van der Waals surface area contributed by atoms with Gasteiger partial charge in [0.1, 0.15) is 6.61 Å². The molecule has 0 amide bonds. The normalized spacial score (nSPS) is 15.8. The highest BCUT2D eigenvalue weighted by Gasteiger charge is 2.30. The van der Waals surface area contributed by atoms with E-state index in [-0.39, 0.29) is 22.6 Å². The van der Waals surface area contributed by atoms with Crippen LogP contribution >= 0.6 is 11.3 Å². The topological polar surface area (TPSA) is 98.0 Å². The van der Waals surface area contributed by atoms with Gasteiger partial charge in [0.15, 0.2) is 4.96 Å². The molecule has 1 aromatic carbocycles. The van der Waals surface area contributed by atoms with Gasteiger partial charge >= 0.3 is 5.97 Å². The van der Waals surface area contributed by atoms with Crippen molar-refractivity contribution in [1.29, 1.82) is 0 Å². The number of rotatable bonds is 5. The van der Waals surface area contributed by atoms with Crippen molar-refractivity contribution < 1.29 is 17.9 Å². The Balaban J connectivity index is 1.57. The number of esters is 1. The predicted octanol–water partition coefficient (Wildman–Crippen LogP) is 3.15. The van der Waals surface area contributed by atoms with E-state index in [0.29, 0.717) is 40.8 Å². The van der Waals surface area contributed by atoms with Gasteiger partial charge in [-0.25, -0.2) is 18.2 Å². The molecule has 0 radical (unpaired) electrons. The number of piperidine rings is 1. The summed E-state index contributed by atoms with van der Waals surface area (Å²) in [5.74, 6) is -0.161.